The molecule has 20 nitrogen and oxygen atoms in total. The Bertz CT molecular complexity index is 3470. The first-order chi connectivity index (χ1) is 48.0. The van der Waals surface area contributed by atoms with E-state index in [1.807, 2.05) is 160 Å². The van der Waals surface area contributed by atoms with Gasteiger partial charge in [0, 0.05) is 61.9 Å². The molecule has 8 rings (SSSR count). The van der Waals surface area contributed by atoms with E-state index < -0.39 is 48.6 Å². The van der Waals surface area contributed by atoms with E-state index in [1.165, 1.54) is 22.7 Å². The molecule has 0 aliphatic heterocycles. The lowest BCUT2D eigenvalue weighted by molar-refractivity contribution is -0.123. The normalized spacial score (nSPS) is 13.8. The summed E-state index contributed by atoms with van der Waals surface area (Å²) >= 11 is 5.94. The number of nitrogens with zero attached hydrogens (tertiary/aromatic N) is 6. The molecular weight excluding hydrogens is 1340 g/mol. The fraction of sp³-hybridized carbons (Fsp3) is 0.447. The van der Waals surface area contributed by atoms with Gasteiger partial charge in [-0.2, -0.15) is 0 Å². The highest BCUT2D eigenvalue weighted by atomic mass is 32.1. The van der Waals surface area contributed by atoms with E-state index in [0.717, 1.165) is 53.4 Å². The zero-order valence-electron chi connectivity index (χ0n) is 58.9. The first-order valence-electron chi connectivity index (χ1n) is 34.1. The number of hydrogen-bond donors (Lipinski definition) is 6. The summed E-state index contributed by atoms with van der Waals surface area (Å²) in [5.74, 6) is -0.452. The van der Waals surface area contributed by atoms with Crippen molar-refractivity contribution in [3.63, 3.8) is 0 Å². The van der Waals surface area contributed by atoms with Crippen LogP contribution >= 0.6 is 45.3 Å². The van der Waals surface area contributed by atoms with Crippen LogP contribution in [0.2, 0.25) is 0 Å². The topological polar surface area (TPSA) is 267 Å². The van der Waals surface area contributed by atoms with Gasteiger partial charge in [0.25, 0.3) is 0 Å². The van der Waals surface area contributed by atoms with Gasteiger partial charge in [0.05, 0.1) is 91.6 Å². The Kier molecular flexibility index (Phi) is 32.3. The molecule has 4 aromatic carbocycles. The summed E-state index contributed by atoms with van der Waals surface area (Å²) in [6.45, 7) is 16.8. The first-order valence-corrected chi connectivity index (χ1v) is 37.6. The number of carbonyl (C=O) groups excluding carboxylic acids is 6. The van der Waals surface area contributed by atoms with Gasteiger partial charge in [-0.15, -0.1) is 45.3 Å². The quantitative estimate of drug-likeness (QED) is 0.0213. The Labute approximate surface area is 604 Å². The third-order valence-electron chi connectivity index (χ3n) is 16.9. The lowest BCUT2D eigenvalue weighted by atomic mass is 9.84. The second kappa shape index (κ2) is 40.9. The summed E-state index contributed by atoms with van der Waals surface area (Å²) in [4.78, 5) is 102. The molecule has 0 saturated carbocycles. The van der Waals surface area contributed by atoms with Crippen LogP contribution in [0.15, 0.2) is 156 Å². The van der Waals surface area contributed by atoms with E-state index in [9.17, 15) is 39.0 Å². The predicted molar refractivity (Wildman–Crippen MR) is 396 cm³/mol. The van der Waals surface area contributed by atoms with Crippen LogP contribution in [-0.2, 0) is 71.0 Å². The molecule has 0 radical (unpaired) electrons. The number of urea groups is 2. The van der Waals surface area contributed by atoms with E-state index >= 15 is 0 Å². The number of nitrogens with one attached hydrogen (secondary N) is 4. The van der Waals surface area contributed by atoms with Crippen molar-refractivity contribution in [3.05, 3.63) is 209 Å². The molecule has 0 spiro atoms. The van der Waals surface area contributed by atoms with Crippen LogP contribution in [0.5, 0.6) is 0 Å². The van der Waals surface area contributed by atoms with Crippen LogP contribution in [0.1, 0.15) is 146 Å². The summed E-state index contributed by atoms with van der Waals surface area (Å²) in [5, 5.41) is 41.1. The number of aromatic nitrogens is 4. The lowest BCUT2D eigenvalue weighted by Gasteiger charge is -2.29. The first kappa shape index (κ1) is 79.1. The molecule has 0 aliphatic rings. The van der Waals surface area contributed by atoms with Crippen molar-refractivity contribution in [3.8, 4) is 0 Å². The number of benzene rings is 4. The van der Waals surface area contributed by atoms with Gasteiger partial charge in [-0.3, -0.25) is 19.6 Å². The number of Topliss-reactive ketones (excluding diaryl/α,β-unsaturated/α-hetero) is 2. The zero-order chi connectivity index (χ0) is 72.1. The summed E-state index contributed by atoms with van der Waals surface area (Å²) in [6.07, 6.45) is 2.63. The molecule has 4 aromatic heterocycles. The highest BCUT2D eigenvalue weighted by Gasteiger charge is 2.34. The Morgan fingerprint density at radius 2 is 0.790 bits per heavy atom. The van der Waals surface area contributed by atoms with Crippen molar-refractivity contribution in [1.82, 2.24) is 51.0 Å². The average Bonchev–Trinajstić information content (AvgIpc) is 1.14. The lowest BCUT2D eigenvalue weighted by Crippen LogP contribution is -2.49. The maximum atomic E-state index is 14.0. The molecule has 0 aliphatic carbocycles. The molecule has 8 atom stereocenters. The SMILES string of the molecule is CC(C)c1nc(CN(C)C(=O)N[C@H](C(=O)C[C@@H](Cc2ccccc2)C[C@H](O)[C@H](Cc2ccccc2)NC(=O)OCc2cncs2)C(C)C)cs1.CC(C)c1nc(CN(C)C(=O)N[C@H](C(=O)C[C@@H](Cc2ccccc2)C[C@H](O)[C@H](Cc2ccccc2)NC(=O)OCc2cncs2)C(C)C)cs1. The Balaban J connectivity index is 0.000000281. The number of hydrogen-bond acceptors (Lipinski definition) is 18. The molecule has 536 valence electrons. The second-order valence-electron chi connectivity index (χ2n) is 26.7. The number of carbonyl (C=O) groups is 6. The number of aliphatic hydroxyl groups is 2. The number of ether oxygens (including phenoxy) is 2. The average molecular weight is 1440 g/mol. The highest BCUT2D eigenvalue weighted by molar-refractivity contribution is 7.10. The monoisotopic (exact) mass is 1440 g/mol. The summed E-state index contributed by atoms with van der Waals surface area (Å²) < 4.78 is 10.9. The third kappa shape index (κ3) is 27.0. The van der Waals surface area contributed by atoms with Gasteiger partial charge in [0.15, 0.2) is 11.6 Å². The number of aliphatic hydroxyl groups excluding tert-OH is 2. The van der Waals surface area contributed by atoms with Crippen molar-refractivity contribution >= 4 is 81.2 Å². The van der Waals surface area contributed by atoms with Crippen LogP contribution in [0.3, 0.4) is 0 Å². The van der Waals surface area contributed by atoms with E-state index in [4.69, 9.17) is 9.47 Å². The van der Waals surface area contributed by atoms with Crippen molar-refractivity contribution in [2.24, 2.45) is 23.7 Å². The van der Waals surface area contributed by atoms with E-state index in [-0.39, 0.29) is 86.2 Å². The summed E-state index contributed by atoms with van der Waals surface area (Å²) in [5.41, 5.74) is 8.92. The minimum absolute atomic E-state index is 0.0794. The Hall–Kier alpha value is -8.26. The Morgan fingerprint density at radius 1 is 0.460 bits per heavy atom. The molecule has 0 saturated heterocycles. The number of amides is 6. The number of ketones is 2. The van der Waals surface area contributed by atoms with Crippen LogP contribution in [0.25, 0.3) is 0 Å². The molecule has 24 heteroatoms. The van der Waals surface area contributed by atoms with Gasteiger partial charge < -0.3 is 50.8 Å². The van der Waals surface area contributed by atoms with Crippen LogP contribution in [0.4, 0.5) is 19.2 Å². The van der Waals surface area contributed by atoms with E-state index in [1.54, 1.807) is 70.0 Å². The fourth-order valence-corrected chi connectivity index (χ4v) is 14.1. The number of thiazole rings is 4. The largest absolute Gasteiger partial charge is 0.444 e. The van der Waals surface area contributed by atoms with E-state index in [2.05, 4.69) is 68.9 Å². The zero-order valence-corrected chi connectivity index (χ0v) is 62.2. The van der Waals surface area contributed by atoms with Gasteiger partial charge >= 0.3 is 24.2 Å². The van der Waals surface area contributed by atoms with Gasteiger partial charge in [-0.05, 0) is 84.5 Å². The van der Waals surface area contributed by atoms with Crippen molar-refractivity contribution in [2.45, 2.75) is 181 Å². The molecule has 6 amide bonds. The molecule has 0 bridgehead atoms. The molecule has 100 heavy (non-hydrogen) atoms. The highest BCUT2D eigenvalue weighted by Crippen LogP contribution is 2.28. The number of rotatable bonds is 36. The Morgan fingerprint density at radius 3 is 1.08 bits per heavy atom. The van der Waals surface area contributed by atoms with Gasteiger partial charge in [0.2, 0.25) is 0 Å². The van der Waals surface area contributed by atoms with Crippen LogP contribution in [0, 0.1) is 23.7 Å². The maximum Gasteiger partial charge on any atom is 0.407 e. The molecule has 0 fully saturated rings. The predicted octanol–water partition coefficient (Wildman–Crippen LogP) is 14.0. The number of alkyl carbamates (subject to hydrolysis) is 2. The smallest absolute Gasteiger partial charge is 0.407 e. The summed E-state index contributed by atoms with van der Waals surface area (Å²) in [6, 6.07) is 35.4. The molecule has 8 aromatic rings. The van der Waals surface area contributed by atoms with Gasteiger partial charge in [-0.1, -0.05) is 177 Å². The van der Waals surface area contributed by atoms with Gasteiger partial charge in [0.1, 0.15) is 13.2 Å². The molecule has 6 N–H and O–H groups in total. The van der Waals surface area contributed by atoms with Crippen LogP contribution < -0.4 is 21.3 Å². The molecule has 4 heterocycles. The van der Waals surface area contributed by atoms with Gasteiger partial charge in [-0.25, -0.2) is 29.1 Å². The van der Waals surface area contributed by atoms with Crippen molar-refractivity contribution in [1.29, 1.82) is 0 Å². The standard InChI is InChI=1S/2C38H49N5O5S2/c2*1-25(2)35(42-37(46)43(5)21-30-23-49-36(40-30)26(3)4)34(45)19-29(16-27-12-8-6-9-13-27)18-33(44)32(17-28-14-10-7-11-15-28)41-38(47)48-22-31-20-39-24-50-31/h2*6-15,20,23-26,29,32-33,35,44H,16-19,21-22H2,1-5H3,(H,41,47)(H,42,46)/t2*29-,32-,33-,35-/m00/s1. The van der Waals surface area contributed by atoms with E-state index in [0.29, 0.717) is 50.6 Å². The second-order valence-corrected chi connectivity index (χ2v) is 30.5. The van der Waals surface area contributed by atoms with Crippen molar-refractivity contribution < 1.29 is 48.5 Å². The minimum Gasteiger partial charge on any atom is -0.444 e. The minimum atomic E-state index is -0.986. The van der Waals surface area contributed by atoms with Crippen molar-refractivity contribution in [2.75, 3.05) is 14.1 Å². The molecule has 0 unspecified atom stereocenters. The summed E-state index contributed by atoms with van der Waals surface area (Å²) in [7, 11) is 3.39. The fourth-order valence-electron chi connectivity index (χ4n) is 11.5. The third-order valence-corrected chi connectivity index (χ3v) is 20.8. The molecular formula is C76H98N10O10S4. The van der Waals surface area contributed by atoms with Crippen LogP contribution in [-0.4, -0.2) is 126 Å². The maximum absolute atomic E-state index is 14.0.